The van der Waals surface area contributed by atoms with E-state index in [1.165, 1.54) is 17.0 Å². The fourth-order valence-corrected chi connectivity index (χ4v) is 1.99. The van der Waals surface area contributed by atoms with E-state index in [1.54, 1.807) is 0 Å². The Morgan fingerprint density at radius 2 is 1.68 bits per heavy atom. The minimum atomic E-state index is -0.152. The van der Waals surface area contributed by atoms with Crippen LogP contribution < -0.4 is 10.6 Å². The molecule has 0 unspecified atom stereocenters. The first-order valence-corrected chi connectivity index (χ1v) is 6.04. The zero-order chi connectivity index (χ0) is 13.1. The normalized spacial score (nSPS) is 12.1. The maximum atomic E-state index is 10.7. The van der Waals surface area contributed by atoms with Crippen molar-refractivity contribution in [3.05, 3.63) is 71.4 Å². The zero-order valence-corrected chi connectivity index (χ0v) is 10.2. The van der Waals surface area contributed by atoms with E-state index < -0.39 is 0 Å². The second-order valence-electron chi connectivity index (χ2n) is 4.22. The third kappa shape index (κ3) is 2.45. The largest absolute Gasteiger partial charge is 0.361 e. The summed E-state index contributed by atoms with van der Waals surface area (Å²) in [7, 11) is 0. The molecule has 0 radical (unpaired) electrons. The van der Waals surface area contributed by atoms with E-state index in [0.717, 1.165) is 10.6 Å². The van der Waals surface area contributed by atoms with E-state index in [-0.39, 0.29) is 5.91 Å². The Labute approximate surface area is 109 Å². The molecule has 2 heterocycles. The number of carbonyl (C=O) groups is 1. The number of hydrogen-bond acceptors (Lipinski definition) is 1. The number of amides is 1. The average molecular weight is 248 g/mol. The summed E-state index contributed by atoms with van der Waals surface area (Å²) in [4.78, 5) is 17.6. The Hall–Kier alpha value is -2.68. The van der Waals surface area contributed by atoms with Crippen LogP contribution in [0.2, 0.25) is 0 Å². The van der Waals surface area contributed by atoms with Crippen LogP contribution in [0, 0.1) is 0 Å². The monoisotopic (exact) mass is 248 g/mol. The van der Waals surface area contributed by atoms with Crippen LogP contribution in [-0.4, -0.2) is 10.9 Å². The molecule has 0 fully saturated rings. The standard InChI is InChI=1S/C8H5NO.C8H7N/c10-8-5-6-3-1-2-4-7(6)9-8;1-2-4-8-7(3-1)5-6-9-8/h1-5H;1-6,9H. The van der Waals surface area contributed by atoms with Gasteiger partial charge in [0.05, 0.1) is 5.36 Å². The third-order valence-electron chi connectivity index (χ3n) is 2.91. The number of aromatic amines is 1. The van der Waals surface area contributed by atoms with Gasteiger partial charge in [-0.05, 0) is 23.6 Å². The van der Waals surface area contributed by atoms with E-state index in [0.29, 0.717) is 0 Å². The van der Waals surface area contributed by atoms with Crippen LogP contribution in [0.3, 0.4) is 0 Å². The molecule has 0 spiro atoms. The Balaban J connectivity index is 0.000000117. The molecule has 0 saturated heterocycles. The number of carbonyl (C=O) groups excluding carboxylic acids is 1. The maximum absolute atomic E-state index is 10.7. The van der Waals surface area contributed by atoms with Crippen LogP contribution in [0.5, 0.6) is 0 Å². The van der Waals surface area contributed by atoms with Gasteiger partial charge in [0.15, 0.2) is 0 Å². The lowest BCUT2D eigenvalue weighted by Gasteiger charge is -1.83. The molecule has 19 heavy (non-hydrogen) atoms. The summed E-state index contributed by atoms with van der Waals surface area (Å²) in [5, 5.41) is 2.98. The van der Waals surface area contributed by atoms with E-state index in [2.05, 4.69) is 28.2 Å². The summed E-state index contributed by atoms with van der Waals surface area (Å²) < 4.78 is 0. The predicted molar refractivity (Wildman–Crippen MR) is 75.0 cm³/mol. The number of nitrogens with one attached hydrogen (secondary N) is 1. The number of para-hydroxylation sites is 2. The van der Waals surface area contributed by atoms with Crippen molar-refractivity contribution in [2.75, 3.05) is 0 Å². The molecule has 0 aliphatic carbocycles. The topological polar surface area (TPSA) is 45.2 Å². The van der Waals surface area contributed by atoms with Crippen LogP contribution in [0.4, 0.5) is 0 Å². The maximum Gasteiger partial charge on any atom is 0.270 e. The molecule has 92 valence electrons. The Morgan fingerprint density at radius 1 is 0.895 bits per heavy atom. The van der Waals surface area contributed by atoms with Gasteiger partial charge in [0, 0.05) is 23.0 Å². The van der Waals surface area contributed by atoms with Crippen molar-refractivity contribution in [2.24, 2.45) is 4.99 Å². The molecule has 1 N–H and O–H groups in total. The van der Waals surface area contributed by atoms with Crippen molar-refractivity contribution in [3.8, 4) is 0 Å². The molecular formula is C16H12N2O. The molecular weight excluding hydrogens is 236 g/mol. The molecule has 2 aromatic carbocycles. The smallest absolute Gasteiger partial charge is 0.270 e. The van der Waals surface area contributed by atoms with Gasteiger partial charge in [-0.15, -0.1) is 0 Å². The molecule has 3 aromatic rings. The highest BCUT2D eigenvalue weighted by molar-refractivity contribution is 6.06. The molecule has 0 saturated carbocycles. The van der Waals surface area contributed by atoms with Crippen molar-refractivity contribution in [1.29, 1.82) is 0 Å². The summed E-state index contributed by atoms with van der Waals surface area (Å²) in [6.07, 6.45) is 3.49. The quantitative estimate of drug-likeness (QED) is 0.647. The molecule has 1 aromatic heterocycles. The number of aromatic nitrogens is 1. The van der Waals surface area contributed by atoms with Gasteiger partial charge in [0.25, 0.3) is 5.91 Å². The average Bonchev–Trinajstić information content (AvgIpc) is 3.03. The van der Waals surface area contributed by atoms with Gasteiger partial charge >= 0.3 is 0 Å². The molecule has 1 aliphatic rings. The fraction of sp³-hybridized carbons (Fsp3) is 0. The van der Waals surface area contributed by atoms with Gasteiger partial charge in [0.2, 0.25) is 0 Å². The lowest BCUT2D eigenvalue weighted by molar-refractivity contribution is -0.112. The lowest BCUT2D eigenvalue weighted by Crippen LogP contribution is -2.19. The summed E-state index contributed by atoms with van der Waals surface area (Å²) in [5.74, 6) is -0.152. The second-order valence-corrected chi connectivity index (χ2v) is 4.22. The number of rotatable bonds is 0. The molecule has 4 rings (SSSR count). The lowest BCUT2D eigenvalue weighted by atomic mass is 10.3. The van der Waals surface area contributed by atoms with Crippen LogP contribution in [0.25, 0.3) is 17.0 Å². The molecule has 1 amide bonds. The molecule has 0 atom stereocenters. The van der Waals surface area contributed by atoms with Gasteiger partial charge in [-0.3, -0.25) is 4.79 Å². The van der Waals surface area contributed by atoms with E-state index in [1.807, 2.05) is 42.6 Å². The molecule has 3 nitrogen and oxygen atoms in total. The second kappa shape index (κ2) is 4.90. The minimum absolute atomic E-state index is 0.152. The number of benzene rings is 2. The minimum Gasteiger partial charge on any atom is -0.361 e. The predicted octanol–water partition coefficient (Wildman–Crippen LogP) is 1.79. The van der Waals surface area contributed by atoms with Crippen molar-refractivity contribution >= 4 is 22.9 Å². The molecule has 1 aliphatic heterocycles. The number of H-pyrrole nitrogens is 1. The summed E-state index contributed by atoms with van der Waals surface area (Å²) >= 11 is 0. The third-order valence-corrected chi connectivity index (χ3v) is 2.91. The summed E-state index contributed by atoms with van der Waals surface area (Å²) in [5.41, 5.74) is 1.21. The van der Waals surface area contributed by atoms with Crippen LogP contribution >= 0.6 is 0 Å². The van der Waals surface area contributed by atoms with E-state index in [4.69, 9.17) is 0 Å². The Kier molecular flexibility index (Phi) is 2.94. The Bertz CT molecular complexity index is 779. The van der Waals surface area contributed by atoms with Gasteiger partial charge < -0.3 is 4.98 Å². The number of fused-ring (bicyclic) bond motifs is 2. The SMILES string of the molecule is O=C1C=c2ccccc2=N1.c1ccc2[nH]ccc2c1. The first-order chi connectivity index (χ1) is 9.33. The van der Waals surface area contributed by atoms with Gasteiger partial charge in [-0.25, -0.2) is 4.99 Å². The van der Waals surface area contributed by atoms with Crippen molar-refractivity contribution in [1.82, 2.24) is 4.98 Å². The van der Waals surface area contributed by atoms with Gasteiger partial charge in [-0.1, -0.05) is 36.4 Å². The van der Waals surface area contributed by atoms with E-state index >= 15 is 0 Å². The number of nitrogens with zero attached hydrogens (tertiary/aromatic N) is 1. The highest BCUT2D eigenvalue weighted by Crippen LogP contribution is 2.09. The Morgan fingerprint density at radius 3 is 2.53 bits per heavy atom. The first-order valence-electron chi connectivity index (χ1n) is 6.04. The van der Waals surface area contributed by atoms with Crippen molar-refractivity contribution in [3.63, 3.8) is 0 Å². The summed E-state index contributed by atoms with van der Waals surface area (Å²) in [6.45, 7) is 0. The van der Waals surface area contributed by atoms with Crippen LogP contribution in [0.1, 0.15) is 0 Å². The number of hydrogen-bond donors (Lipinski definition) is 1. The van der Waals surface area contributed by atoms with Crippen molar-refractivity contribution in [2.45, 2.75) is 0 Å². The molecule has 0 bridgehead atoms. The van der Waals surface area contributed by atoms with Crippen molar-refractivity contribution < 1.29 is 4.79 Å². The van der Waals surface area contributed by atoms with Gasteiger partial charge in [-0.2, -0.15) is 0 Å². The summed E-state index contributed by atoms with van der Waals surface area (Å²) in [6, 6.07) is 17.8. The highest BCUT2D eigenvalue weighted by atomic mass is 16.1. The van der Waals surface area contributed by atoms with Gasteiger partial charge in [0.1, 0.15) is 0 Å². The van der Waals surface area contributed by atoms with E-state index in [9.17, 15) is 4.79 Å². The first kappa shape index (κ1) is 11.4. The molecule has 3 heteroatoms. The fourth-order valence-electron chi connectivity index (χ4n) is 1.99. The van der Waals surface area contributed by atoms with Crippen LogP contribution in [0.15, 0.2) is 65.8 Å². The zero-order valence-electron chi connectivity index (χ0n) is 10.2. The van der Waals surface area contributed by atoms with Crippen LogP contribution in [-0.2, 0) is 4.79 Å². The highest BCUT2D eigenvalue weighted by Gasteiger charge is 1.99.